The van der Waals surface area contributed by atoms with Crippen LogP contribution in [0.2, 0.25) is 0 Å². The van der Waals surface area contributed by atoms with Crippen LogP contribution in [0.4, 0.5) is 0 Å². The summed E-state index contributed by atoms with van der Waals surface area (Å²) >= 11 is 0. The third kappa shape index (κ3) is 4.48. The Labute approximate surface area is 141 Å². The first kappa shape index (κ1) is 17.8. The van der Waals surface area contributed by atoms with Gasteiger partial charge in [-0.2, -0.15) is 8.42 Å². The molecule has 6 nitrogen and oxygen atoms in total. The minimum atomic E-state index is -3.81. The van der Waals surface area contributed by atoms with E-state index in [1.54, 1.807) is 44.4 Å². The van der Waals surface area contributed by atoms with Crippen molar-refractivity contribution in [1.29, 1.82) is 0 Å². The number of methoxy groups -OCH3 is 1. The van der Waals surface area contributed by atoms with E-state index in [4.69, 9.17) is 9.02 Å². The second kappa shape index (κ2) is 7.35. The predicted octanol–water partition coefficient (Wildman–Crippen LogP) is 2.11. The number of nitrogens with zero attached hydrogens (tertiary/aromatic N) is 1. The van der Waals surface area contributed by atoms with Crippen LogP contribution < -0.4 is 14.6 Å². The Bertz CT molecular complexity index is 896. The van der Waals surface area contributed by atoms with Crippen LogP contribution in [-0.4, -0.2) is 26.0 Å². The lowest BCUT2D eigenvalue weighted by molar-refractivity contribution is 0.265. The van der Waals surface area contributed by atoms with Gasteiger partial charge in [0.2, 0.25) is 0 Å². The summed E-state index contributed by atoms with van der Waals surface area (Å²) in [6, 6.07) is 10.3. The van der Waals surface area contributed by atoms with Gasteiger partial charge in [0.1, 0.15) is 5.75 Å². The number of pyridine rings is 1. The molecule has 1 aromatic carbocycles. The van der Waals surface area contributed by atoms with E-state index >= 15 is 0 Å². The summed E-state index contributed by atoms with van der Waals surface area (Å²) in [6.07, 6.45) is 3.38. The Hall–Kier alpha value is -2.54. The van der Waals surface area contributed by atoms with Gasteiger partial charge in [-0.25, -0.2) is 0 Å². The van der Waals surface area contributed by atoms with E-state index in [1.165, 1.54) is 13.0 Å². The first-order chi connectivity index (χ1) is 11.3. The molecule has 0 aliphatic rings. The van der Waals surface area contributed by atoms with Crippen molar-refractivity contribution in [2.24, 2.45) is 0 Å². The van der Waals surface area contributed by atoms with Gasteiger partial charge in [0.05, 0.1) is 18.6 Å². The van der Waals surface area contributed by atoms with Crippen molar-refractivity contribution in [3.8, 4) is 5.75 Å². The molecule has 0 N–H and O–H groups in total. The molecule has 1 heterocycles. The predicted molar refractivity (Wildman–Crippen MR) is 93.4 cm³/mol. The average Bonchev–Trinajstić information content (AvgIpc) is 2.56. The molecule has 0 bridgehead atoms. The summed E-state index contributed by atoms with van der Waals surface area (Å²) in [7, 11) is -2.22. The molecule has 0 fully saturated rings. The van der Waals surface area contributed by atoms with Crippen LogP contribution in [0.15, 0.2) is 41.2 Å². The van der Waals surface area contributed by atoms with Gasteiger partial charge in [0, 0.05) is 6.07 Å². The van der Waals surface area contributed by atoms with Gasteiger partial charge in [-0.1, -0.05) is 18.2 Å². The van der Waals surface area contributed by atoms with Crippen molar-refractivity contribution in [3.05, 3.63) is 63.6 Å². The fraction of sp³-hybridized carbons (Fsp3) is 0.235. The molecule has 1 aromatic heterocycles. The zero-order chi connectivity index (χ0) is 17.7. The van der Waals surface area contributed by atoms with E-state index < -0.39 is 15.7 Å². The summed E-state index contributed by atoms with van der Waals surface area (Å²) in [5, 5.41) is 0. The number of hydrogen-bond acceptors (Lipinski definition) is 5. The second-order valence-corrected chi connectivity index (χ2v) is 6.96. The van der Waals surface area contributed by atoms with Crippen molar-refractivity contribution < 1.29 is 17.4 Å². The van der Waals surface area contributed by atoms with Crippen molar-refractivity contribution in [2.45, 2.75) is 13.8 Å². The summed E-state index contributed by atoms with van der Waals surface area (Å²) in [5.74, 6) is 0.506. The average molecular weight is 349 g/mol. The summed E-state index contributed by atoms with van der Waals surface area (Å²) < 4.78 is 34.1. The Morgan fingerprint density at radius 1 is 1.12 bits per heavy atom. The summed E-state index contributed by atoms with van der Waals surface area (Å²) in [6.45, 7) is 3.20. The van der Waals surface area contributed by atoms with Crippen LogP contribution in [-0.2, 0) is 10.1 Å². The maximum Gasteiger partial charge on any atom is 0.326 e. The monoisotopic (exact) mass is 349 g/mol. The molecule has 128 valence electrons. The van der Waals surface area contributed by atoms with Gasteiger partial charge < -0.3 is 4.74 Å². The summed E-state index contributed by atoms with van der Waals surface area (Å²) in [5.41, 5.74) is 1.38. The van der Waals surface area contributed by atoms with Crippen LogP contribution in [0.5, 0.6) is 5.75 Å². The minimum absolute atomic E-state index is 0.227. The maximum absolute atomic E-state index is 12.1. The molecule has 24 heavy (non-hydrogen) atoms. The molecule has 0 saturated carbocycles. The van der Waals surface area contributed by atoms with Crippen LogP contribution in [0, 0.1) is 6.92 Å². The second-order valence-electron chi connectivity index (χ2n) is 5.12. The van der Waals surface area contributed by atoms with Gasteiger partial charge in [0.25, 0.3) is 5.56 Å². The smallest absolute Gasteiger partial charge is 0.326 e. The topological polar surface area (TPSA) is 74.6 Å². The molecule has 0 amide bonds. The third-order valence-corrected chi connectivity index (χ3v) is 4.35. The standard InChI is InChI=1S/C17H19NO5S/c1-4-24(20,21)23-18-15(11-13(2)12-17(18)19)8-5-14-6-9-16(22-3)10-7-14/h5-12H,4H2,1-3H3. The van der Waals surface area contributed by atoms with Crippen molar-refractivity contribution in [1.82, 2.24) is 4.73 Å². The molecule has 0 unspecified atom stereocenters. The van der Waals surface area contributed by atoms with E-state index in [2.05, 4.69) is 0 Å². The molecular formula is C17H19NO5S. The van der Waals surface area contributed by atoms with Crippen LogP contribution in [0.25, 0.3) is 12.2 Å². The fourth-order valence-corrected chi connectivity index (χ4v) is 2.46. The first-order valence-electron chi connectivity index (χ1n) is 7.33. The molecule has 2 rings (SSSR count). The van der Waals surface area contributed by atoms with Crippen molar-refractivity contribution in [2.75, 3.05) is 12.9 Å². The highest BCUT2D eigenvalue weighted by molar-refractivity contribution is 7.86. The van der Waals surface area contributed by atoms with Gasteiger partial charge in [-0.15, -0.1) is 4.73 Å². The SMILES string of the molecule is CCS(=O)(=O)On1c(C=Cc2ccc(OC)cc2)cc(C)cc1=O. The van der Waals surface area contributed by atoms with Gasteiger partial charge in [-0.05, 0) is 49.2 Å². The molecule has 0 atom stereocenters. The lowest BCUT2D eigenvalue weighted by Gasteiger charge is -2.11. The summed E-state index contributed by atoms with van der Waals surface area (Å²) in [4.78, 5) is 12.1. The van der Waals surface area contributed by atoms with Gasteiger partial charge in [0.15, 0.2) is 0 Å². The van der Waals surface area contributed by atoms with Gasteiger partial charge in [-0.3, -0.25) is 9.08 Å². The number of ether oxygens (including phenoxy) is 1. The Kier molecular flexibility index (Phi) is 5.46. The molecule has 0 radical (unpaired) electrons. The lowest BCUT2D eigenvalue weighted by atomic mass is 10.1. The van der Waals surface area contributed by atoms with E-state index in [-0.39, 0.29) is 5.75 Å². The van der Waals surface area contributed by atoms with E-state index in [0.717, 1.165) is 16.0 Å². The number of benzene rings is 1. The largest absolute Gasteiger partial charge is 0.497 e. The normalized spacial score (nSPS) is 11.6. The molecule has 2 aromatic rings. The van der Waals surface area contributed by atoms with Crippen LogP contribution in [0.3, 0.4) is 0 Å². The van der Waals surface area contributed by atoms with E-state index in [0.29, 0.717) is 11.3 Å². The highest BCUT2D eigenvalue weighted by Gasteiger charge is 2.13. The highest BCUT2D eigenvalue weighted by Crippen LogP contribution is 2.14. The molecular weight excluding hydrogens is 330 g/mol. The third-order valence-electron chi connectivity index (χ3n) is 3.27. The van der Waals surface area contributed by atoms with Crippen LogP contribution >= 0.6 is 0 Å². The molecule has 0 aliphatic heterocycles. The minimum Gasteiger partial charge on any atom is -0.497 e. The lowest BCUT2D eigenvalue weighted by Crippen LogP contribution is -2.33. The van der Waals surface area contributed by atoms with Gasteiger partial charge >= 0.3 is 10.1 Å². The molecule has 7 heteroatoms. The first-order valence-corrected chi connectivity index (χ1v) is 8.91. The molecule has 0 spiro atoms. The highest BCUT2D eigenvalue weighted by atomic mass is 32.2. The number of aryl methyl sites for hydroxylation is 1. The zero-order valence-electron chi connectivity index (χ0n) is 13.7. The fourth-order valence-electron chi connectivity index (χ4n) is 1.97. The number of rotatable bonds is 6. The number of hydrogen-bond donors (Lipinski definition) is 0. The Morgan fingerprint density at radius 3 is 2.38 bits per heavy atom. The maximum atomic E-state index is 12.1. The number of aromatic nitrogens is 1. The van der Waals surface area contributed by atoms with E-state index in [9.17, 15) is 13.2 Å². The van der Waals surface area contributed by atoms with Crippen LogP contribution in [0.1, 0.15) is 23.7 Å². The Balaban J connectivity index is 2.41. The quantitative estimate of drug-likeness (QED) is 0.798. The van der Waals surface area contributed by atoms with Crippen molar-refractivity contribution >= 4 is 22.3 Å². The molecule has 0 saturated heterocycles. The Morgan fingerprint density at radius 2 is 1.79 bits per heavy atom. The van der Waals surface area contributed by atoms with Crippen molar-refractivity contribution in [3.63, 3.8) is 0 Å². The van der Waals surface area contributed by atoms with E-state index in [1.807, 2.05) is 12.1 Å². The molecule has 0 aliphatic carbocycles. The zero-order valence-corrected chi connectivity index (χ0v) is 14.5.